The van der Waals surface area contributed by atoms with E-state index in [9.17, 15) is 14.7 Å². The van der Waals surface area contributed by atoms with E-state index in [4.69, 9.17) is 14.2 Å². The van der Waals surface area contributed by atoms with Crippen LogP contribution in [0.5, 0.6) is 17.2 Å². The van der Waals surface area contributed by atoms with Gasteiger partial charge in [-0.3, -0.25) is 9.59 Å². The molecule has 32 heavy (non-hydrogen) atoms. The number of ether oxygens (including phenoxy) is 3. The molecule has 2 amide bonds. The zero-order valence-electron chi connectivity index (χ0n) is 17.5. The molecule has 170 valence electrons. The number of nitrogens with one attached hydrogen (secondary N) is 1. The van der Waals surface area contributed by atoms with Gasteiger partial charge in [-0.05, 0) is 48.9 Å². The molecule has 2 aromatic carbocycles. The molecule has 10 heteroatoms. The maximum Gasteiger partial charge on any atom is 0.275 e. The molecule has 0 radical (unpaired) electrons. The normalized spacial score (nSPS) is 13.8. The van der Waals surface area contributed by atoms with E-state index < -0.39 is 5.91 Å². The van der Waals surface area contributed by atoms with Crippen LogP contribution in [0, 0.1) is 0 Å². The molecule has 1 saturated heterocycles. The number of hydrazone groups is 1. The molecule has 0 atom stereocenters. The summed E-state index contributed by atoms with van der Waals surface area (Å²) in [7, 11) is 0. The highest BCUT2D eigenvalue weighted by molar-refractivity contribution is 9.10. The van der Waals surface area contributed by atoms with Gasteiger partial charge in [-0.1, -0.05) is 15.9 Å². The topological polar surface area (TPSA) is 110 Å². The van der Waals surface area contributed by atoms with E-state index in [1.165, 1.54) is 18.3 Å². The first-order chi connectivity index (χ1) is 15.5. The molecule has 1 aliphatic rings. The molecule has 0 aromatic heterocycles. The Labute approximate surface area is 194 Å². The lowest BCUT2D eigenvalue weighted by atomic mass is 10.2. The number of hydrogen-bond donors (Lipinski definition) is 2. The van der Waals surface area contributed by atoms with Crippen LogP contribution < -0.4 is 14.9 Å². The maximum atomic E-state index is 12.3. The molecular weight excluding hydrogens is 482 g/mol. The number of halogens is 1. The molecule has 0 spiro atoms. The Kier molecular flexibility index (Phi) is 8.46. The Morgan fingerprint density at radius 3 is 2.72 bits per heavy atom. The lowest BCUT2D eigenvalue weighted by Gasteiger charge is -2.26. The second-order valence-corrected chi connectivity index (χ2v) is 7.70. The highest BCUT2D eigenvalue weighted by atomic mass is 79.9. The highest BCUT2D eigenvalue weighted by Crippen LogP contribution is 2.28. The number of rotatable bonds is 8. The van der Waals surface area contributed by atoms with Gasteiger partial charge in [0, 0.05) is 17.6 Å². The van der Waals surface area contributed by atoms with Crippen LogP contribution in [-0.4, -0.2) is 67.6 Å². The van der Waals surface area contributed by atoms with E-state index in [0.717, 1.165) is 0 Å². The molecule has 1 fully saturated rings. The molecule has 0 aliphatic carbocycles. The largest absolute Gasteiger partial charge is 0.507 e. The van der Waals surface area contributed by atoms with E-state index in [2.05, 4.69) is 26.5 Å². The molecule has 0 saturated carbocycles. The summed E-state index contributed by atoms with van der Waals surface area (Å²) in [5.74, 6) is 0.0927. The van der Waals surface area contributed by atoms with E-state index in [1.807, 2.05) is 6.92 Å². The van der Waals surface area contributed by atoms with Crippen molar-refractivity contribution < 1.29 is 28.9 Å². The average molecular weight is 506 g/mol. The third-order valence-electron chi connectivity index (χ3n) is 4.57. The number of amides is 2. The number of morpholine rings is 1. The standard InChI is InChI=1S/C22H24BrN3O6/c1-2-31-20-11-15(13-24-25-22(29)17-12-16(23)4-5-18(17)27)3-6-19(20)32-14-21(28)26-7-9-30-10-8-26/h3-6,11-13,27H,2,7-10,14H2,1H3,(H,25,29)/b24-13-. The summed E-state index contributed by atoms with van der Waals surface area (Å²) >= 11 is 3.26. The Balaban J connectivity index is 1.62. The first-order valence-corrected chi connectivity index (χ1v) is 10.8. The second kappa shape index (κ2) is 11.5. The number of aromatic hydroxyl groups is 1. The van der Waals surface area contributed by atoms with Crippen LogP contribution in [0.15, 0.2) is 46.0 Å². The van der Waals surface area contributed by atoms with Gasteiger partial charge in [-0.15, -0.1) is 0 Å². The minimum Gasteiger partial charge on any atom is -0.507 e. The molecule has 2 aromatic rings. The van der Waals surface area contributed by atoms with Crippen LogP contribution in [0.1, 0.15) is 22.8 Å². The van der Waals surface area contributed by atoms with Crippen molar-refractivity contribution in [3.8, 4) is 17.2 Å². The Morgan fingerprint density at radius 1 is 1.19 bits per heavy atom. The Bertz CT molecular complexity index is 992. The number of phenols is 1. The number of phenolic OH excluding ortho intramolecular Hbond substituents is 1. The molecule has 0 unspecified atom stereocenters. The second-order valence-electron chi connectivity index (χ2n) is 6.78. The van der Waals surface area contributed by atoms with Crippen molar-refractivity contribution in [2.24, 2.45) is 5.10 Å². The fourth-order valence-corrected chi connectivity index (χ4v) is 3.31. The Morgan fingerprint density at radius 2 is 1.97 bits per heavy atom. The minimum atomic E-state index is -0.549. The van der Waals surface area contributed by atoms with Crippen LogP contribution in [0.25, 0.3) is 0 Å². The summed E-state index contributed by atoms with van der Waals surface area (Å²) in [6.45, 7) is 4.32. The molecule has 2 N–H and O–H groups in total. The minimum absolute atomic E-state index is 0.0974. The highest BCUT2D eigenvalue weighted by Gasteiger charge is 2.18. The van der Waals surface area contributed by atoms with E-state index >= 15 is 0 Å². The van der Waals surface area contributed by atoms with Gasteiger partial charge in [0.1, 0.15) is 5.75 Å². The fourth-order valence-electron chi connectivity index (χ4n) is 2.95. The number of benzene rings is 2. The molecule has 1 aliphatic heterocycles. The van der Waals surface area contributed by atoms with Gasteiger partial charge in [0.25, 0.3) is 11.8 Å². The van der Waals surface area contributed by atoms with Gasteiger partial charge in [0.15, 0.2) is 18.1 Å². The van der Waals surface area contributed by atoms with Crippen molar-refractivity contribution in [3.63, 3.8) is 0 Å². The summed E-state index contributed by atoms with van der Waals surface area (Å²) < 4.78 is 17.2. The van der Waals surface area contributed by atoms with Gasteiger partial charge in [0.05, 0.1) is 31.6 Å². The average Bonchev–Trinajstić information content (AvgIpc) is 2.80. The van der Waals surface area contributed by atoms with Crippen molar-refractivity contribution in [1.82, 2.24) is 10.3 Å². The van der Waals surface area contributed by atoms with E-state index in [-0.39, 0.29) is 23.8 Å². The maximum absolute atomic E-state index is 12.3. The summed E-state index contributed by atoms with van der Waals surface area (Å²) in [6.07, 6.45) is 1.44. The lowest BCUT2D eigenvalue weighted by Crippen LogP contribution is -2.43. The van der Waals surface area contributed by atoms with Crippen LogP contribution >= 0.6 is 15.9 Å². The first kappa shape index (κ1) is 23.6. The summed E-state index contributed by atoms with van der Waals surface area (Å²) in [6, 6.07) is 9.65. The molecule has 9 nitrogen and oxygen atoms in total. The molecule has 3 rings (SSSR count). The van der Waals surface area contributed by atoms with Crippen molar-refractivity contribution in [1.29, 1.82) is 0 Å². The van der Waals surface area contributed by atoms with Crippen LogP contribution in [-0.2, 0) is 9.53 Å². The van der Waals surface area contributed by atoms with Crippen molar-refractivity contribution in [2.45, 2.75) is 6.92 Å². The summed E-state index contributed by atoms with van der Waals surface area (Å²) in [5.41, 5.74) is 3.12. The van der Waals surface area contributed by atoms with Gasteiger partial charge in [0.2, 0.25) is 0 Å². The molecule has 0 bridgehead atoms. The van der Waals surface area contributed by atoms with Crippen molar-refractivity contribution in [2.75, 3.05) is 39.5 Å². The molecular formula is C22H24BrN3O6. The van der Waals surface area contributed by atoms with Gasteiger partial charge in [-0.2, -0.15) is 5.10 Å². The zero-order valence-corrected chi connectivity index (χ0v) is 19.1. The summed E-state index contributed by atoms with van der Waals surface area (Å²) in [5, 5.41) is 13.8. The van der Waals surface area contributed by atoms with E-state index in [1.54, 1.807) is 29.2 Å². The van der Waals surface area contributed by atoms with Crippen molar-refractivity contribution >= 4 is 34.0 Å². The number of carbonyl (C=O) groups excluding carboxylic acids is 2. The fraction of sp³-hybridized carbons (Fsp3) is 0.318. The SMILES string of the molecule is CCOc1cc(/C=N\NC(=O)c2cc(Br)ccc2O)ccc1OCC(=O)N1CCOCC1. The summed E-state index contributed by atoms with van der Waals surface area (Å²) in [4.78, 5) is 26.2. The van der Waals surface area contributed by atoms with Crippen LogP contribution in [0.3, 0.4) is 0 Å². The zero-order chi connectivity index (χ0) is 22.9. The van der Waals surface area contributed by atoms with Crippen LogP contribution in [0.2, 0.25) is 0 Å². The third-order valence-corrected chi connectivity index (χ3v) is 5.06. The van der Waals surface area contributed by atoms with Gasteiger partial charge >= 0.3 is 0 Å². The predicted molar refractivity (Wildman–Crippen MR) is 121 cm³/mol. The molecule has 1 heterocycles. The van der Waals surface area contributed by atoms with Crippen molar-refractivity contribution in [3.05, 3.63) is 52.0 Å². The van der Waals surface area contributed by atoms with Gasteiger partial charge in [-0.25, -0.2) is 5.43 Å². The number of carbonyl (C=O) groups is 2. The van der Waals surface area contributed by atoms with Crippen LogP contribution in [0.4, 0.5) is 0 Å². The van der Waals surface area contributed by atoms with Gasteiger partial charge < -0.3 is 24.2 Å². The number of nitrogens with zero attached hydrogens (tertiary/aromatic N) is 2. The number of hydrogen-bond acceptors (Lipinski definition) is 7. The smallest absolute Gasteiger partial charge is 0.275 e. The quantitative estimate of drug-likeness (QED) is 0.421. The third kappa shape index (κ3) is 6.44. The predicted octanol–water partition coefficient (Wildman–Crippen LogP) is 2.55. The lowest BCUT2D eigenvalue weighted by molar-refractivity contribution is -0.137. The van der Waals surface area contributed by atoms with E-state index in [0.29, 0.717) is 54.4 Å². The first-order valence-electron chi connectivity index (χ1n) is 10.0. The monoisotopic (exact) mass is 505 g/mol. The Hall–Kier alpha value is -3.11.